The maximum absolute atomic E-state index is 12.4. The number of alkyl carbamates (subject to hydrolysis) is 1. The molecule has 2 N–H and O–H groups in total. The van der Waals surface area contributed by atoms with Crippen molar-refractivity contribution in [3.05, 3.63) is 59.7 Å². The molecule has 0 radical (unpaired) electrons. The number of carbonyl (C=O) groups is 3. The molecule has 2 amide bonds. The van der Waals surface area contributed by atoms with E-state index in [2.05, 4.69) is 17.4 Å². The van der Waals surface area contributed by atoms with Crippen molar-refractivity contribution >= 4 is 18.0 Å². The van der Waals surface area contributed by atoms with Crippen molar-refractivity contribution in [2.75, 3.05) is 26.7 Å². The second kappa shape index (κ2) is 8.57. The molecule has 1 aliphatic carbocycles. The van der Waals surface area contributed by atoms with Crippen LogP contribution in [-0.4, -0.2) is 54.7 Å². The number of amides is 2. The van der Waals surface area contributed by atoms with E-state index in [1.54, 1.807) is 13.8 Å². The number of rotatable bonds is 7. The van der Waals surface area contributed by atoms with Crippen LogP contribution in [0.5, 0.6) is 0 Å². The molecule has 0 unspecified atom stereocenters. The van der Waals surface area contributed by atoms with Crippen molar-refractivity contribution in [2.45, 2.75) is 19.8 Å². The van der Waals surface area contributed by atoms with Crippen LogP contribution in [0.25, 0.3) is 11.1 Å². The standard InChI is InChI=1S/C23H26N2O5/c1-23(2,21(28)25(3)12-20(26)27)14-24-22(29)30-13-19-17-10-6-4-8-15(17)16-9-5-7-11-18(16)19/h4-11,19H,12-14H2,1-3H3,(H,24,29)(H,26,27). The molecule has 0 spiro atoms. The number of carboxylic acids is 1. The first-order chi connectivity index (χ1) is 14.2. The van der Waals surface area contributed by atoms with Gasteiger partial charge in [-0.15, -0.1) is 0 Å². The monoisotopic (exact) mass is 410 g/mol. The molecule has 3 rings (SSSR count). The molecule has 30 heavy (non-hydrogen) atoms. The Balaban J connectivity index is 1.59. The number of hydrogen-bond acceptors (Lipinski definition) is 4. The zero-order valence-electron chi connectivity index (χ0n) is 17.3. The van der Waals surface area contributed by atoms with Gasteiger partial charge in [0.15, 0.2) is 0 Å². The minimum absolute atomic E-state index is 0.0342. The van der Waals surface area contributed by atoms with Gasteiger partial charge in [0.25, 0.3) is 0 Å². The van der Waals surface area contributed by atoms with E-state index in [0.717, 1.165) is 27.2 Å². The van der Waals surface area contributed by atoms with Crippen LogP contribution in [0.4, 0.5) is 4.79 Å². The number of likely N-dealkylation sites (N-methyl/N-ethyl adjacent to an activating group) is 1. The quantitative estimate of drug-likeness (QED) is 0.731. The van der Waals surface area contributed by atoms with Crippen molar-refractivity contribution in [3.63, 3.8) is 0 Å². The Morgan fingerprint density at radius 3 is 2.10 bits per heavy atom. The van der Waals surface area contributed by atoms with Gasteiger partial charge in [-0.2, -0.15) is 0 Å². The van der Waals surface area contributed by atoms with E-state index in [4.69, 9.17) is 9.84 Å². The van der Waals surface area contributed by atoms with E-state index >= 15 is 0 Å². The van der Waals surface area contributed by atoms with Crippen LogP contribution in [0.1, 0.15) is 30.9 Å². The van der Waals surface area contributed by atoms with Crippen molar-refractivity contribution < 1.29 is 24.2 Å². The SMILES string of the molecule is CN(CC(=O)O)C(=O)C(C)(C)CNC(=O)OCC1c2ccccc2-c2ccccc21. The van der Waals surface area contributed by atoms with Gasteiger partial charge in [0.2, 0.25) is 5.91 Å². The molecule has 0 aliphatic heterocycles. The highest BCUT2D eigenvalue weighted by Crippen LogP contribution is 2.44. The van der Waals surface area contributed by atoms with Gasteiger partial charge in [-0.05, 0) is 36.1 Å². The lowest BCUT2D eigenvalue weighted by Crippen LogP contribution is -2.47. The summed E-state index contributed by atoms with van der Waals surface area (Å²) in [5.41, 5.74) is 3.58. The first kappa shape index (κ1) is 21.4. The highest BCUT2D eigenvalue weighted by atomic mass is 16.5. The molecule has 0 fully saturated rings. The third-order valence-corrected chi connectivity index (χ3v) is 5.32. The van der Waals surface area contributed by atoms with E-state index in [1.807, 2.05) is 36.4 Å². The van der Waals surface area contributed by atoms with Crippen LogP contribution in [0.3, 0.4) is 0 Å². The number of ether oxygens (including phenoxy) is 1. The number of carbonyl (C=O) groups excluding carboxylic acids is 2. The maximum Gasteiger partial charge on any atom is 0.407 e. The lowest BCUT2D eigenvalue weighted by molar-refractivity contribution is -0.147. The van der Waals surface area contributed by atoms with E-state index in [-0.39, 0.29) is 25.0 Å². The topological polar surface area (TPSA) is 95.9 Å². The summed E-state index contributed by atoms with van der Waals surface area (Å²) in [5, 5.41) is 11.5. The van der Waals surface area contributed by atoms with Gasteiger partial charge < -0.3 is 20.1 Å². The Labute approximate surface area is 175 Å². The van der Waals surface area contributed by atoms with Gasteiger partial charge in [-0.3, -0.25) is 9.59 Å². The first-order valence-electron chi connectivity index (χ1n) is 9.77. The molecule has 0 bridgehead atoms. The molecular weight excluding hydrogens is 384 g/mol. The second-order valence-electron chi connectivity index (χ2n) is 8.12. The Kier molecular flexibility index (Phi) is 6.10. The van der Waals surface area contributed by atoms with Crippen LogP contribution < -0.4 is 5.32 Å². The number of nitrogens with one attached hydrogen (secondary N) is 1. The molecule has 158 valence electrons. The molecule has 2 aromatic carbocycles. The van der Waals surface area contributed by atoms with Crippen molar-refractivity contribution in [2.24, 2.45) is 5.41 Å². The molecule has 1 aliphatic rings. The zero-order valence-corrected chi connectivity index (χ0v) is 17.3. The van der Waals surface area contributed by atoms with Crippen LogP contribution in [-0.2, 0) is 14.3 Å². The minimum atomic E-state index is -1.09. The summed E-state index contributed by atoms with van der Waals surface area (Å²) >= 11 is 0. The molecule has 0 atom stereocenters. The first-order valence-corrected chi connectivity index (χ1v) is 9.77. The number of hydrogen-bond donors (Lipinski definition) is 2. The molecule has 2 aromatic rings. The van der Waals surface area contributed by atoms with Gasteiger partial charge in [0.1, 0.15) is 13.2 Å². The summed E-state index contributed by atoms with van der Waals surface area (Å²) in [6, 6.07) is 16.1. The summed E-state index contributed by atoms with van der Waals surface area (Å²) < 4.78 is 5.47. The number of benzene rings is 2. The van der Waals surface area contributed by atoms with Crippen LogP contribution in [0, 0.1) is 5.41 Å². The summed E-state index contributed by atoms with van der Waals surface area (Å²) in [6.45, 7) is 3.13. The number of aliphatic carboxylic acids is 1. The number of carboxylic acid groups (broad SMARTS) is 1. The highest BCUT2D eigenvalue weighted by Gasteiger charge is 2.33. The fraction of sp³-hybridized carbons (Fsp3) is 0.348. The van der Waals surface area contributed by atoms with E-state index in [0.29, 0.717) is 0 Å². The molecule has 7 heteroatoms. The maximum atomic E-state index is 12.4. The van der Waals surface area contributed by atoms with Crippen LogP contribution in [0.15, 0.2) is 48.5 Å². The minimum Gasteiger partial charge on any atom is -0.480 e. The Hall–Kier alpha value is -3.35. The Morgan fingerprint density at radius 1 is 1.03 bits per heavy atom. The molecule has 7 nitrogen and oxygen atoms in total. The lowest BCUT2D eigenvalue weighted by Gasteiger charge is -2.28. The third-order valence-electron chi connectivity index (χ3n) is 5.32. The largest absolute Gasteiger partial charge is 0.480 e. The van der Waals surface area contributed by atoms with Gasteiger partial charge in [0.05, 0.1) is 5.41 Å². The van der Waals surface area contributed by atoms with Gasteiger partial charge in [0, 0.05) is 19.5 Å². The van der Waals surface area contributed by atoms with Crippen LogP contribution >= 0.6 is 0 Å². The third kappa shape index (κ3) is 4.45. The molecule has 0 saturated carbocycles. The van der Waals surface area contributed by atoms with Crippen molar-refractivity contribution in [1.29, 1.82) is 0 Å². The Bertz CT molecular complexity index is 924. The molecular formula is C23H26N2O5. The smallest absolute Gasteiger partial charge is 0.407 e. The second-order valence-corrected chi connectivity index (χ2v) is 8.12. The van der Waals surface area contributed by atoms with Crippen molar-refractivity contribution in [3.8, 4) is 11.1 Å². The normalized spacial score (nSPS) is 12.6. The van der Waals surface area contributed by atoms with Crippen molar-refractivity contribution in [1.82, 2.24) is 10.2 Å². The molecule has 0 saturated heterocycles. The van der Waals surface area contributed by atoms with Gasteiger partial charge in [-0.25, -0.2) is 4.79 Å². The fourth-order valence-electron chi connectivity index (χ4n) is 3.81. The molecule has 0 heterocycles. The summed E-state index contributed by atoms with van der Waals surface area (Å²) in [6.07, 6.45) is -0.612. The average Bonchev–Trinajstić information content (AvgIpc) is 3.03. The van der Waals surface area contributed by atoms with Crippen LogP contribution in [0.2, 0.25) is 0 Å². The summed E-state index contributed by atoms with van der Waals surface area (Å²) in [5.74, 6) is -1.51. The fourth-order valence-corrected chi connectivity index (χ4v) is 3.81. The predicted octanol–water partition coefficient (Wildman–Crippen LogP) is 3.09. The number of fused-ring (bicyclic) bond motifs is 3. The summed E-state index contributed by atoms with van der Waals surface area (Å²) in [7, 11) is 1.42. The highest BCUT2D eigenvalue weighted by molar-refractivity contribution is 5.86. The van der Waals surface area contributed by atoms with E-state index in [9.17, 15) is 14.4 Å². The zero-order chi connectivity index (χ0) is 21.9. The summed E-state index contributed by atoms with van der Waals surface area (Å²) in [4.78, 5) is 36.6. The van der Waals surface area contributed by atoms with Gasteiger partial charge >= 0.3 is 12.1 Å². The molecule has 0 aromatic heterocycles. The number of nitrogens with zero attached hydrogens (tertiary/aromatic N) is 1. The average molecular weight is 410 g/mol. The van der Waals surface area contributed by atoms with E-state index < -0.39 is 24.0 Å². The Morgan fingerprint density at radius 2 is 1.57 bits per heavy atom. The predicted molar refractivity (Wildman–Crippen MR) is 112 cm³/mol. The lowest BCUT2D eigenvalue weighted by atomic mass is 9.91. The van der Waals surface area contributed by atoms with E-state index in [1.165, 1.54) is 7.05 Å². The van der Waals surface area contributed by atoms with Gasteiger partial charge in [-0.1, -0.05) is 48.5 Å².